The number of nitrogens with one attached hydrogen (secondary N) is 1. The number of carbonyl (C=O) groups is 2. The van der Waals surface area contributed by atoms with Crippen LogP contribution in [0.25, 0.3) is 0 Å². The molecule has 21 heavy (non-hydrogen) atoms. The fraction of sp³-hybridized carbons (Fsp3) is 0.333. The van der Waals surface area contributed by atoms with Crippen LogP contribution in [0.15, 0.2) is 12.1 Å². The molecule has 0 radical (unpaired) electrons. The first kappa shape index (κ1) is 16.5. The molecule has 9 heteroatoms. The minimum absolute atomic E-state index is 0.00839. The summed E-state index contributed by atoms with van der Waals surface area (Å²) in [6.07, 6.45) is -0.00839. The minimum Gasteiger partial charge on any atom is -0.480 e. The molecule has 0 aliphatic rings. The van der Waals surface area contributed by atoms with Crippen molar-refractivity contribution in [3.8, 4) is 0 Å². The zero-order valence-electron chi connectivity index (χ0n) is 11.1. The van der Waals surface area contributed by atoms with Crippen molar-refractivity contribution in [2.75, 3.05) is 0 Å². The molecular weight excluding hydrogens is 290 g/mol. The lowest BCUT2D eigenvalue weighted by atomic mass is 9.98. The van der Waals surface area contributed by atoms with Crippen molar-refractivity contribution >= 4 is 17.6 Å². The molecule has 1 amide bonds. The third-order valence-corrected chi connectivity index (χ3v) is 3.05. The minimum atomic E-state index is -1.68. The van der Waals surface area contributed by atoms with E-state index in [0.717, 1.165) is 0 Å². The first-order valence-electron chi connectivity index (χ1n) is 5.81. The van der Waals surface area contributed by atoms with E-state index in [4.69, 9.17) is 5.11 Å². The lowest BCUT2D eigenvalue weighted by molar-refractivity contribution is -0.385. The molecule has 1 atom stereocenters. The summed E-state index contributed by atoms with van der Waals surface area (Å²) < 4.78 is 26.2. The highest BCUT2D eigenvalue weighted by Crippen LogP contribution is 2.23. The largest absolute Gasteiger partial charge is 0.480 e. The third-order valence-electron chi connectivity index (χ3n) is 3.05. The number of rotatable bonds is 5. The average Bonchev–Trinajstić information content (AvgIpc) is 2.40. The fourth-order valence-corrected chi connectivity index (χ4v) is 1.48. The van der Waals surface area contributed by atoms with E-state index in [1.807, 2.05) is 0 Å². The molecule has 1 aromatic rings. The summed E-state index contributed by atoms with van der Waals surface area (Å²) in [4.78, 5) is 32.7. The summed E-state index contributed by atoms with van der Waals surface area (Å²) in [6.45, 7) is 2.67. The summed E-state index contributed by atoms with van der Waals surface area (Å²) in [6, 6.07) is 0.634. The van der Waals surface area contributed by atoms with Crippen molar-refractivity contribution in [1.82, 2.24) is 5.32 Å². The Kier molecular flexibility index (Phi) is 4.56. The van der Waals surface area contributed by atoms with Crippen LogP contribution in [0.2, 0.25) is 0 Å². The Bertz CT molecular complexity index is 620. The van der Waals surface area contributed by atoms with E-state index in [1.54, 1.807) is 0 Å². The van der Waals surface area contributed by atoms with Gasteiger partial charge in [-0.05, 0) is 19.4 Å². The lowest BCUT2D eigenvalue weighted by Gasteiger charge is -2.24. The number of aliphatic carboxylic acids is 1. The molecule has 0 heterocycles. The first-order chi connectivity index (χ1) is 9.62. The Labute approximate surface area is 117 Å². The van der Waals surface area contributed by atoms with Gasteiger partial charge in [0.2, 0.25) is 0 Å². The van der Waals surface area contributed by atoms with E-state index in [1.165, 1.54) is 13.8 Å². The number of amides is 1. The van der Waals surface area contributed by atoms with Crippen LogP contribution in [-0.2, 0) is 4.79 Å². The molecule has 0 bridgehead atoms. The topological polar surface area (TPSA) is 110 Å². The Balaban J connectivity index is 3.27. The molecule has 0 saturated carbocycles. The van der Waals surface area contributed by atoms with E-state index in [0.29, 0.717) is 6.07 Å². The zero-order valence-corrected chi connectivity index (χ0v) is 11.1. The molecule has 0 aliphatic carbocycles. The highest BCUT2D eigenvalue weighted by molar-refractivity contribution is 6.00. The number of hydrogen-bond acceptors (Lipinski definition) is 4. The number of nitro groups is 1. The van der Waals surface area contributed by atoms with Gasteiger partial charge in [-0.3, -0.25) is 14.9 Å². The molecule has 0 spiro atoms. The second-order valence-electron chi connectivity index (χ2n) is 4.49. The normalized spacial score (nSPS) is 13.3. The van der Waals surface area contributed by atoms with Gasteiger partial charge in [-0.2, -0.15) is 0 Å². The van der Waals surface area contributed by atoms with Gasteiger partial charge in [0.15, 0.2) is 11.6 Å². The van der Waals surface area contributed by atoms with Gasteiger partial charge in [0.05, 0.1) is 11.0 Å². The SMILES string of the molecule is CCC(C)(NC(=O)c1cc(F)c(F)cc1[N+](=O)[O-])C(=O)O. The fourth-order valence-electron chi connectivity index (χ4n) is 1.48. The van der Waals surface area contributed by atoms with Gasteiger partial charge in [0, 0.05) is 0 Å². The molecule has 0 aromatic heterocycles. The second-order valence-corrected chi connectivity index (χ2v) is 4.49. The molecule has 1 rings (SSSR count). The predicted octanol–water partition coefficient (Wildman–Crippen LogP) is 1.86. The van der Waals surface area contributed by atoms with Crippen LogP contribution in [-0.4, -0.2) is 27.4 Å². The van der Waals surface area contributed by atoms with Gasteiger partial charge < -0.3 is 10.4 Å². The molecule has 0 saturated heterocycles. The first-order valence-corrected chi connectivity index (χ1v) is 5.81. The van der Waals surface area contributed by atoms with Crippen LogP contribution in [0, 0.1) is 21.7 Å². The van der Waals surface area contributed by atoms with Crippen LogP contribution in [0.4, 0.5) is 14.5 Å². The molecular formula is C12H12F2N2O5. The van der Waals surface area contributed by atoms with Crippen molar-refractivity contribution in [1.29, 1.82) is 0 Å². The van der Waals surface area contributed by atoms with Crippen LogP contribution in [0.1, 0.15) is 30.6 Å². The Morgan fingerprint density at radius 1 is 1.38 bits per heavy atom. The zero-order chi connectivity index (χ0) is 16.4. The van der Waals surface area contributed by atoms with Gasteiger partial charge in [-0.25, -0.2) is 13.6 Å². The van der Waals surface area contributed by atoms with Gasteiger partial charge in [0.25, 0.3) is 11.6 Å². The van der Waals surface area contributed by atoms with E-state index in [9.17, 15) is 28.5 Å². The summed E-state index contributed by atoms with van der Waals surface area (Å²) in [7, 11) is 0. The Morgan fingerprint density at radius 2 is 1.90 bits per heavy atom. The summed E-state index contributed by atoms with van der Waals surface area (Å²) >= 11 is 0. The van der Waals surface area contributed by atoms with Crippen molar-refractivity contribution in [3.05, 3.63) is 39.4 Å². The average molecular weight is 302 g/mol. The van der Waals surface area contributed by atoms with Crippen LogP contribution in [0.3, 0.4) is 0 Å². The number of nitrogens with zero attached hydrogens (tertiary/aromatic N) is 1. The summed E-state index contributed by atoms with van der Waals surface area (Å²) in [5.74, 6) is -5.45. The number of carboxylic acids is 1. The van der Waals surface area contributed by atoms with Crippen molar-refractivity contribution in [2.45, 2.75) is 25.8 Å². The standard InChI is InChI=1S/C12H12F2N2O5/c1-3-12(2,11(18)19)15-10(17)6-4-7(13)8(14)5-9(6)16(20)21/h4-5H,3H2,1-2H3,(H,15,17)(H,18,19). The monoisotopic (exact) mass is 302 g/mol. The van der Waals surface area contributed by atoms with Gasteiger partial charge >= 0.3 is 5.97 Å². The number of hydrogen-bond donors (Lipinski definition) is 2. The molecule has 0 aliphatic heterocycles. The molecule has 2 N–H and O–H groups in total. The highest BCUT2D eigenvalue weighted by atomic mass is 19.2. The Hall–Kier alpha value is -2.58. The molecule has 114 valence electrons. The highest BCUT2D eigenvalue weighted by Gasteiger charge is 2.35. The van der Waals surface area contributed by atoms with Crippen molar-refractivity contribution < 1.29 is 28.4 Å². The number of halogens is 2. The summed E-state index contributed by atoms with van der Waals surface area (Å²) in [5.41, 5.74) is -3.38. The molecule has 0 fully saturated rings. The predicted molar refractivity (Wildman–Crippen MR) is 66.8 cm³/mol. The molecule has 7 nitrogen and oxygen atoms in total. The number of benzene rings is 1. The van der Waals surface area contributed by atoms with Gasteiger partial charge in [0.1, 0.15) is 11.1 Å². The van der Waals surface area contributed by atoms with Crippen LogP contribution in [0.5, 0.6) is 0 Å². The van der Waals surface area contributed by atoms with E-state index < -0.39 is 45.2 Å². The van der Waals surface area contributed by atoms with E-state index in [2.05, 4.69) is 5.32 Å². The molecule has 1 aromatic carbocycles. The van der Waals surface area contributed by atoms with E-state index in [-0.39, 0.29) is 12.5 Å². The van der Waals surface area contributed by atoms with Gasteiger partial charge in [-0.1, -0.05) is 6.92 Å². The maximum absolute atomic E-state index is 13.2. The third kappa shape index (κ3) is 3.30. The maximum atomic E-state index is 13.2. The van der Waals surface area contributed by atoms with Crippen LogP contribution >= 0.6 is 0 Å². The van der Waals surface area contributed by atoms with E-state index >= 15 is 0 Å². The number of nitro benzene ring substituents is 1. The second kappa shape index (κ2) is 5.81. The maximum Gasteiger partial charge on any atom is 0.329 e. The number of carboxylic acid groups (broad SMARTS) is 1. The van der Waals surface area contributed by atoms with Crippen molar-refractivity contribution in [3.63, 3.8) is 0 Å². The summed E-state index contributed by atoms with van der Waals surface area (Å²) in [5, 5.41) is 21.9. The Morgan fingerprint density at radius 3 is 2.33 bits per heavy atom. The lowest BCUT2D eigenvalue weighted by Crippen LogP contribution is -2.51. The van der Waals surface area contributed by atoms with Crippen molar-refractivity contribution in [2.24, 2.45) is 0 Å². The smallest absolute Gasteiger partial charge is 0.329 e. The van der Waals surface area contributed by atoms with Crippen LogP contribution < -0.4 is 5.32 Å². The number of carbonyl (C=O) groups excluding carboxylic acids is 1. The molecule has 1 unspecified atom stereocenters. The van der Waals surface area contributed by atoms with Gasteiger partial charge in [-0.15, -0.1) is 0 Å². The quantitative estimate of drug-likeness (QED) is 0.637.